The Morgan fingerprint density at radius 3 is 2.59 bits per heavy atom. The summed E-state index contributed by atoms with van der Waals surface area (Å²) in [4.78, 5) is 54.0. The van der Waals surface area contributed by atoms with Crippen LogP contribution >= 0.6 is 0 Å². The molecule has 2 fully saturated rings. The molecule has 0 unspecified atom stereocenters. The van der Waals surface area contributed by atoms with Crippen molar-refractivity contribution < 1.29 is 33.0 Å². The standard InChI is InChI=1S/C29H40FN3O6/c1-21(31)32-13-5-9-23(26(35)19-30)17-25(34)24-10-6-14-33(24)28(37)29(11-15-38-16-12-29)18-27(36)39-20-22-7-3-2-4-8-22/h2-4,7-8,23-24,32H,1,5-6,9-20,31H2/t23-,24+/m1/s1. The maximum Gasteiger partial charge on any atom is 0.307 e. The predicted octanol–water partition coefficient (Wildman–Crippen LogP) is 2.82. The summed E-state index contributed by atoms with van der Waals surface area (Å²) in [5, 5.41) is 2.85. The van der Waals surface area contributed by atoms with Gasteiger partial charge in [-0.1, -0.05) is 36.9 Å². The van der Waals surface area contributed by atoms with E-state index in [1.165, 1.54) is 0 Å². The third-order valence-corrected chi connectivity index (χ3v) is 7.63. The van der Waals surface area contributed by atoms with Crippen molar-refractivity contribution in [3.05, 3.63) is 48.3 Å². The van der Waals surface area contributed by atoms with Gasteiger partial charge in [0.2, 0.25) is 5.91 Å². The first kappa shape index (κ1) is 30.3. The molecule has 0 aromatic heterocycles. The largest absolute Gasteiger partial charge is 0.461 e. The summed E-state index contributed by atoms with van der Waals surface area (Å²) >= 11 is 0. The van der Waals surface area contributed by atoms with Crippen LogP contribution in [0.15, 0.2) is 42.7 Å². The summed E-state index contributed by atoms with van der Waals surface area (Å²) in [7, 11) is 0. The third kappa shape index (κ3) is 8.61. The third-order valence-electron chi connectivity index (χ3n) is 7.63. The van der Waals surface area contributed by atoms with Crippen LogP contribution < -0.4 is 11.1 Å². The van der Waals surface area contributed by atoms with E-state index in [1.54, 1.807) is 4.90 Å². The second-order valence-corrected chi connectivity index (χ2v) is 10.4. The van der Waals surface area contributed by atoms with Crippen LogP contribution in [0.2, 0.25) is 0 Å². The maximum absolute atomic E-state index is 14.0. The minimum absolute atomic E-state index is 0.0954. The molecular formula is C29H40FN3O6. The summed E-state index contributed by atoms with van der Waals surface area (Å²) in [6, 6.07) is 8.61. The number of amides is 1. The smallest absolute Gasteiger partial charge is 0.307 e. The van der Waals surface area contributed by atoms with Crippen LogP contribution in [-0.2, 0) is 35.3 Å². The van der Waals surface area contributed by atoms with Gasteiger partial charge in [0.15, 0.2) is 11.6 Å². The molecule has 9 nitrogen and oxygen atoms in total. The number of hydrogen-bond donors (Lipinski definition) is 2. The number of alkyl halides is 1. The van der Waals surface area contributed by atoms with Crippen LogP contribution in [0.1, 0.15) is 56.9 Å². The molecule has 10 heteroatoms. The Morgan fingerprint density at radius 2 is 1.92 bits per heavy atom. The number of benzene rings is 1. The second-order valence-electron chi connectivity index (χ2n) is 10.4. The predicted molar refractivity (Wildman–Crippen MR) is 143 cm³/mol. The molecule has 0 aliphatic carbocycles. The molecule has 2 atom stereocenters. The van der Waals surface area contributed by atoms with E-state index in [0.29, 0.717) is 70.6 Å². The van der Waals surface area contributed by atoms with E-state index >= 15 is 0 Å². The van der Waals surface area contributed by atoms with Gasteiger partial charge in [0.1, 0.15) is 13.3 Å². The number of rotatable bonds is 15. The minimum atomic E-state index is -1.14. The number of carbonyl (C=O) groups excluding carboxylic acids is 4. The topological polar surface area (TPSA) is 128 Å². The zero-order valence-corrected chi connectivity index (χ0v) is 22.5. The van der Waals surface area contributed by atoms with Gasteiger partial charge in [0.25, 0.3) is 0 Å². The molecule has 214 valence electrons. The highest BCUT2D eigenvalue weighted by Crippen LogP contribution is 2.39. The van der Waals surface area contributed by atoms with Crippen LogP contribution in [0, 0.1) is 11.3 Å². The van der Waals surface area contributed by atoms with E-state index in [1.807, 2.05) is 30.3 Å². The van der Waals surface area contributed by atoms with Gasteiger partial charge in [-0.25, -0.2) is 4.39 Å². The number of Topliss-reactive ketones (excluding diaryl/α,β-unsaturated/α-hetero) is 2. The Morgan fingerprint density at radius 1 is 1.21 bits per heavy atom. The van der Waals surface area contributed by atoms with Gasteiger partial charge >= 0.3 is 5.97 Å². The van der Waals surface area contributed by atoms with Gasteiger partial charge in [0, 0.05) is 38.6 Å². The van der Waals surface area contributed by atoms with Crippen molar-refractivity contribution in [2.75, 3.05) is 33.0 Å². The van der Waals surface area contributed by atoms with Gasteiger partial charge < -0.3 is 25.4 Å². The minimum Gasteiger partial charge on any atom is -0.461 e. The molecule has 2 aliphatic rings. The van der Waals surface area contributed by atoms with Gasteiger partial charge in [-0.2, -0.15) is 0 Å². The highest BCUT2D eigenvalue weighted by Gasteiger charge is 2.48. The normalized spacial score (nSPS) is 19.2. The molecular weight excluding hydrogens is 505 g/mol. The molecule has 0 saturated carbocycles. The van der Waals surface area contributed by atoms with Gasteiger partial charge in [-0.3, -0.25) is 19.2 Å². The molecule has 39 heavy (non-hydrogen) atoms. The van der Waals surface area contributed by atoms with Crippen molar-refractivity contribution in [3.63, 3.8) is 0 Å². The number of ketones is 2. The number of nitrogens with one attached hydrogen (secondary N) is 1. The lowest BCUT2D eigenvalue weighted by Gasteiger charge is -2.39. The first-order valence-corrected chi connectivity index (χ1v) is 13.6. The van der Waals surface area contributed by atoms with Crippen molar-refractivity contribution in [3.8, 4) is 0 Å². The summed E-state index contributed by atoms with van der Waals surface area (Å²) < 4.78 is 24.2. The monoisotopic (exact) mass is 545 g/mol. The quantitative estimate of drug-likeness (QED) is 0.254. The molecule has 1 amide bonds. The second kappa shape index (κ2) is 14.8. The van der Waals surface area contributed by atoms with E-state index in [-0.39, 0.29) is 31.1 Å². The van der Waals surface area contributed by atoms with Gasteiger partial charge in [-0.15, -0.1) is 0 Å². The van der Waals surface area contributed by atoms with Crippen molar-refractivity contribution in [1.29, 1.82) is 0 Å². The van der Waals surface area contributed by atoms with E-state index < -0.39 is 35.8 Å². The number of carbonyl (C=O) groups is 4. The zero-order chi connectivity index (χ0) is 28.3. The fraction of sp³-hybridized carbons (Fsp3) is 0.586. The highest BCUT2D eigenvalue weighted by atomic mass is 19.1. The van der Waals surface area contributed by atoms with E-state index in [0.717, 1.165) is 5.56 Å². The van der Waals surface area contributed by atoms with Crippen LogP contribution in [0.4, 0.5) is 4.39 Å². The van der Waals surface area contributed by atoms with Crippen LogP contribution in [-0.4, -0.2) is 67.4 Å². The Labute approximate surface area is 229 Å². The first-order chi connectivity index (χ1) is 18.8. The average molecular weight is 546 g/mol. The van der Waals surface area contributed by atoms with Crippen LogP contribution in [0.5, 0.6) is 0 Å². The average Bonchev–Trinajstić information content (AvgIpc) is 3.43. The number of nitrogens with two attached hydrogens (primary N) is 1. The van der Waals surface area contributed by atoms with E-state index in [2.05, 4.69) is 11.9 Å². The molecule has 0 spiro atoms. The fourth-order valence-electron chi connectivity index (χ4n) is 5.41. The Bertz CT molecular complexity index is 1010. The molecule has 2 aliphatic heterocycles. The molecule has 0 radical (unpaired) electrons. The molecule has 3 N–H and O–H groups in total. The van der Waals surface area contributed by atoms with Crippen molar-refractivity contribution in [2.24, 2.45) is 17.1 Å². The SMILES string of the molecule is C=C(N)NCCC[C@H](CC(=O)[C@@H]1CCCN1C(=O)C1(CC(=O)OCc2ccccc2)CCOCC1)C(=O)CF. The number of hydrogen-bond acceptors (Lipinski definition) is 8. The van der Waals surface area contributed by atoms with E-state index in [4.69, 9.17) is 15.2 Å². The first-order valence-electron chi connectivity index (χ1n) is 13.6. The summed E-state index contributed by atoms with van der Waals surface area (Å²) in [6.45, 7) is 4.03. The zero-order valence-electron chi connectivity index (χ0n) is 22.5. The van der Waals surface area contributed by atoms with Crippen molar-refractivity contribution in [2.45, 2.75) is 64.0 Å². The van der Waals surface area contributed by atoms with Crippen molar-refractivity contribution in [1.82, 2.24) is 10.2 Å². The Balaban J connectivity index is 1.66. The number of nitrogens with zero attached hydrogens (tertiary/aromatic N) is 1. The lowest BCUT2D eigenvalue weighted by atomic mass is 9.75. The highest BCUT2D eigenvalue weighted by molar-refractivity contribution is 5.95. The molecule has 0 bridgehead atoms. The Hall–Kier alpha value is -3.27. The van der Waals surface area contributed by atoms with Crippen LogP contribution in [0.3, 0.4) is 0 Å². The Kier molecular flexibility index (Phi) is 11.5. The molecule has 1 aromatic carbocycles. The van der Waals surface area contributed by atoms with E-state index in [9.17, 15) is 23.6 Å². The summed E-state index contributed by atoms with van der Waals surface area (Å²) in [6.07, 6.45) is 2.43. The number of likely N-dealkylation sites (tertiary alicyclic amines) is 1. The van der Waals surface area contributed by atoms with Gasteiger partial charge in [-0.05, 0) is 44.1 Å². The lowest BCUT2D eigenvalue weighted by Crippen LogP contribution is -2.51. The number of ether oxygens (including phenoxy) is 2. The molecule has 2 saturated heterocycles. The molecule has 3 rings (SSSR count). The lowest BCUT2D eigenvalue weighted by molar-refractivity contribution is -0.161. The molecule has 2 heterocycles. The van der Waals surface area contributed by atoms with Crippen molar-refractivity contribution >= 4 is 23.4 Å². The fourth-order valence-corrected chi connectivity index (χ4v) is 5.41. The van der Waals surface area contributed by atoms with Gasteiger partial charge in [0.05, 0.1) is 23.7 Å². The van der Waals surface area contributed by atoms with Crippen LogP contribution in [0.25, 0.3) is 0 Å². The molecule has 1 aromatic rings. The summed E-state index contributed by atoms with van der Waals surface area (Å²) in [5.41, 5.74) is 5.32. The summed E-state index contributed by atoms with van der Waals surface area (Å²) in [5.74, 6) is -2.06. The number of esters is 1. The maximum atomic E-state index is 14.0. The number of halogens is 1.